The van der Waals surface area contributed by atoms with E-state index in [1.165, 1.54) is 32.4 Å². The lowest BCUT2D eigenvalue weighted by atomic mass is 10.1. The molecule has 0 aromatic rings. The molecule has 0 unspecified atom stereocenters. The van der Waals surface area contributed by atoms with Crippen molar-refractivity contribution in [2.45, 2.75) is 32.6 Å². The molecule has 2 rings (SSSR count). The maximum atomic E-state index is 12.2. The van der Waals surface area contributed by atoms with Crippen LogP contribution in [0.5, 0.6) is 0 Å². The zero-order chi connectivity index (χ0) is 13.7. The minimum atomic E-state index is 0.352. The average molecular weight is 267 g/mol. The van der Waals surface area contributed by atoms with Gasteiger partial charge in [-0.1, -0.05) is 13.3 Å². The quantitative estimate of drug-likeness (QED) is 0.770. The molecule has 1 amide bonds. The molecule has 0 aliphatic carbocycles. The van der Waals surface area contributed by atoms with E-state index < -0.39 is 0 Å². The van der Waals surface area contributed by atoms with Crippen LogP contribution in [0.4, 0.5) is 0 Å². The summed E-state index contributed by atoms with van der Waals surface area (Å²) in [4.78, 5) is 19.0. The Morgan fingerprint density at radius 3 is 2.58 bits per heavy atom. The molecular weight excluding hydrogens is 238 g/mol. The minimum Gasteiger partial charge on any atom is -0.340 e. The molecule has 0 N–H and O–H groups in total. The van der Waals surface area contributed by atoms with Crippen LogP contribution in [-0.2, 0) is 4.79 Å². The molecule has 2 heterocycles. The topological polar surface area (TPSA) is 26.8 Å². The number of likely N-dealkylation sites (N-methyl/N-ethyl adjacent to an activating group) is 1. The van der Waals surface area contributed by atoms with Crippen LogP contribution in [0.3, 0.4) is 0 Å². The molecule has 0 spiro atoms. The third kappa shape index (κ3) is 4.77. The molecule has 2 saturated heterocycles. The Kier molecular flexibility index (Phi) is 5.64. The van der Waals surface area contributed by atoms with Crippen LogP contribution < -0.4 is 0 Å². The first-order valence-corrected chi connectivity index (χ1v) is 7.84. The van der Waals surface area contributed by atoms with Crippen molar-refractivity contribution in [1.82, 2.24) is 14.7 Å². The van der Waals surface area contributed by atoms with E-state index in [1.807, 2.05) is 4.90 Å². The van der Waals surface area contributed by atoms with Gasteiger partial charge in [0.25, 0.3) is 0 Å². The Labute approximate surface area is 117 Å². The van der Waals surface area contributed by atoms with Crippen molar-refractivity contribution in [3.05, 3.63) is 0 Å². The lowest BCUT2D eigenvalue weighted by Gasteiger charge is -2.33. The van der Waals surface area contributed by atoms with E-state index in [4.69, 9.17) is 0 Å². The standard InChI is InChI=1S/C15H29N3O/c1-14-5-3-4-7-17(13-14)8-6-15(19)18-11-9-16(2)10-12-18/h14H,3-13H2,1-2H3/t14-/m0/s1. The highest BCUT2D eigenvalue weighted by molar-refractivity contribution is 5.76. The van der Waals surface area contributed by atoms with Crippen molar-refractivity contribution in [2.75, 3.05) is 52.9 Å². The van der Waals surface area contributed by atoms with Gasteiger partial charge < -0.3 is 14.7 Å². The van der Waals surface area contributed by atoms with Crippen molar-refractivity contribution >= 4 is 5.91 Å². The lowest BCUT2D eigenvalue weighted by Crippen LogP contribution is -2.47. The summed E-state index contributed by atoms with van der Waals surface area (Å²) < 4.78 is 0. The van der Waals surface area contributed by atoms with Gasteiger partial charge in [-0.15, -0.1) is 0 Å². The van der Waals surface area contributed by atoms with Crippen LogP contribution in [0, 0.1) is 5.92 Å². The molecular formula is C15H29N3O. The monoisotopic (exact) mass is 267 g/mol. The second-order valence-corrected chi connectivity index (χ2v) is 6.34. The largest absolute Gasteiger partial charge is 0.340 e. The summed E-state index contributed by atoms with van der Waals surface area (Å²) in [7, 11) is 2.13. The number of piperazine rings is 1. The maximum absolute atomic E-state index is 12.2. The van der Waals surface area contributed by atoms with E-state index in [9.17, 15) is 4.79 Å². The summed E-state index contributed by atoms with van der Waals surface area (Å²) in [5.41, 5.74) is 0. The smallest absolute Gasteiger partial charge is 0.223 e. The van der Waals surface area contributed by atoms with Gasteiger partial charge in [-0.25, -0.2) is 0 Å². The Bertz CT molecular complexity index is 287. The summed E-state index contributed by atoms with van der Waals surface area (Å²) in [6, 6.07) is 0. The number of amides is 1. The van der Waals surface area contributed by atoms with Crippen LogP contribution >= 0.6 is 0 Å². The number of carbonyl (C=O) groups excluding carboxylic acids is 1. The van der Waals surface area contributed by atoms with Gasteiger partial charge in [0, 0.05) is 45.7 Å². The Hall–Kier alpha value is -0.610. The summed E-state index contributed by atoms with van der Waals surface area (Å²) in [6.07, 6.45) is 4.70. The summed E-state index contributed by atoms with van der Waals surface area (Å²) in [5, 5.41) is 0. The molecule has 2 fully saturated rings. The fraction of sp³-hybridized carbons (Fsp3) is 0.933. The molecule has 19 heavy (non-hydrogen) atoms. The Balaban J connectivity index is 1.70. The summed E-state index contributed by atoms with van der Waals surface area (Å²) in [5.74, 6) is 1.14. The zero-order valence-corrected chi connectivity index (χ0v) is 12.6. The second-order valence-electron chi connectivity index (χ2n) is 6.34. The number of hydrogen-bond donors (Lipinski definition) is 0. The lowest BCUT2D eigenvalue weighted by molar-refractivity contribution is -0.133. The van der Waals surface area contributed by atoms with Crippen LogP contribution in [-0.4, -0.2) is 73.5 Å². The van der Waals surface area contributed by atoms with Crippen LogP contribution in [0.15, 0.2) is 0 Å². The highest BCUT2D eigenvalue weighted by Gasteiger charge is 2.20. The van der Waals surface area contributed by atoms with Crippen LogP contribution in [0.2, 0.25) is 0 Å². The first-order valence-electron chi connectivity index (χ1n) is 7.84. The van der Waals surface area contributed by atoms with Gasteiger partial charge in [-0.3, -0.25) is 4.79 Å². The van der Waals surface area contributed by atoms with E-state index in [1.54, 1.807) is 0 Å². The van der Waals surface area contributed by atoms with Crippen molar-refractivity contribution in [3.63, 3.8) is 0 Å². The Morgan fingerprint density at radius 1 is 1.11 bits per heavy atom. The van der Waals surface area contributed by atoms with Crippen molar-refractivity contribution < 1.29 is 4.79 Å². The number of nitrogens with zero attached hydrogens (tertiary/aromatic N) is 3. The molecule has 2 aliphatic heterocycles. The zero-order valence-electron chi connectivity index (χ0n) is 12.6. The number of rotatable bonds is 3. The molecule has 2 aliphatic rings. The average Bonchev–Trinajstić information content (AvgIpc) is 2.61. The van der Waals surface area contributed by atoms with Gasteiger partial charge in [0.1, 0.15) is 0 Å². The Morgan fingerprint density at radius 2 is 1.84 bits per heavy atom. The number of carbonyl (C=O) groups is 1. The first kappa shape index (κ1) is 14.8. The normalized spacial score (nSPS) is 27.3. The first-order chi connectivity index (χ1) is 9.15. The highest BCUT2D eigenvalue weighted by atomic mass is 16.2. The van der Waals surface area contributed by atoms with Crippen molar-refractivity contribution in [1.29, 1.82) is 0 Å². The third-order valence-corrected chi connectivity index (χ3v) is 4.49. The van der Waals surface area contributed by atoms with Crippen LogP contribution in [0.1, 0.15) is 32.6 Å². The van der Waals surface area contributed by atoms with Crippen molar-refractivity contribution in [2.24, 2.45) is 5.92 Å². The fourth-order valence-electron chi connectivity index (χ4n) is 3.12. The minimum absolute atomic E-state index is 0.352. The molecule has 0 aromatic carbocycles. The van der Waals surface area contributed by atoms with Crippen LogP contribution in [0.25, 0.3) is 0 Å². The fourth-order valence-corrected chi connectivity index (χ4v) is 3.12. The molecule has 110 valence electrons. The molecule has 0 radical (unpaired) electrons. The maximum Gasteiger partial charge on any atom is 0.223 e. The van der Waals surface area contributed by atoms with Crippen molar-refractivity contribution in [3.8, 4) is 0 Å². The SMILES string of the molecule is C[C@H]1CCCCN(CCC(=O)N2CCN(C)CC2)C1. The van der Waals surface area contributed by atoms with Gasteiger partial charge in [0.2, 0.25) is 5.91 Å². The van der Waals surface area contributed by atoms with Gasteiger partial charge >= 0.3 is 0 Å². The van der Waals surface area contributed by atoms with E-state index in [2.05, 4.69) is 23.8 Å². The summed E-state index contributed by atoms with van der Waals surface area (Å²) in [6.45, 7) is 9.50. The van der Waals surface area contributed by atoms with Gasteiger partial charge in [-0.2, -0.15) is 0 Å². The predicted octanol–water partition coefficient (Wildman–Crippen LogP) is 1.27. The molecule has 0 bridgehead atoms. The van der Waals surface area contributed by atoms with Gasteiger partial charge in [-0.05, 0) is 32.4 Å². The van der Waals surface area contributed by atoms with Gasteiger partial charge in [0.05, 0.1) is 0 Å². The van der Waals surface area contributed by atoms with E-state index in [0.717, 1.165) is 38.6 Å². The third-order valence-electron chi connectivity index (χ3n) is 4.49. The predicted molar refractivity (Wildman–Crippen MR) is 78.1 cm³/mol. The van der Waals surface area contributed by atoms with Gasteiger partial charge in [0.15, 0.2) is 0 Å². The molecule has 1 atom stereocenters. The molecule has 0 aromatic heterocycles. The summed E-state index contributed by atoms with van der Waals surface area (Å²) >= 11 is 0. The number of likely N-dealkylation sites (tertiary alicyclic amines) is 1. The molecule has 4 nitrogen and oxygen atoms in total. The number of hydrogen-bond acceptors (Lipinski definition) is 3. The highest BCUT2D eigenvalue weighted by Crippen LogP contribution is 2.16. The second kappa shape index (κ2) is 7.25. The molecule has 0 saturated carbocycles. The van der Waals surface area contributed by atoms with E-state index in [0.29, 0.717) is 12.3 Å². The van der Waals surface area contributed by atoms with E-state index in [-0.39, 0.29) is 0 Å². The molecule has 4 heteroatoms. The van der Waals surface area contributed by atoms with E-state index >= 15 is 0 Å².